The Morgan fingerprint density at radius 1 is 1.41 bits per heavy atom. The Labute approximate surface area is 100 Å². The van der Waals surface area contributed by atoms with Crippen molar-refractivity contribution in [3.63, 3.8) is 0 Å². The summed E-state index contributed by atoms with van der Waals surface area (Å²) in [6, 6.07) is 2.84. The molecule has 5 nitrogen and oxygen atoms in total. The quantitative estimate of drug-likeness (QED) is 0.843. The Hall–Kier alpha value is -1.91. The topological polar surface area (TPSA) is 70.5 Å². The number of aromatic nitrogens is 1. The van der Waals surface area contributed by atoms with Crippen LogP contribution in [0.3, 0.4) is 0 Å². The molecule has 1 aromatic heterocycles. The third-order valence-corrected chi connectivity index (χ3v) is 2.39. The Bertz CT molecular complexity index is 418. The van der Waals surface area contributed by atoms with E-state index in [0.29, 0.717) is 18.7 Å². The second kappa shape index (κ2) is 5.98. The van der Waals surface area contributed by atoms with E-state index in [1.54, 1.807) is 4.90 Å². The van der Waals surface area contributed by atoms with E-state index < -0.39 is 5.97 Å². The second-order valence-corrected chi connectivity index (χ2v) is 3.62. The lowest BCUT2D eigenvalue weighted by Crippen LogP contribution is -2.31. The molecule has 0 spiro atoms. The molecule has 0 aliphatic heterocycles. The van der Waals surface area contributed by atoms with Gasteiger partial charge in [0.05, 0.1) is 0 Å². The lowest BCUT2D eigenvalue weighted by molar-refractivity contribution is 0.0690. The number of carbonyl (C=O) groups excluding carboxylic acids is 1. The van der Waals surface area contributed by atoms with E-state index in [-0.39, 0.29) is 11.6 Å². The monoisotopic (exact) mass is 236 g/mol. The van der Waals surface area contributed by atoms with Gasteiger partial charge >= 0.3 is 5.97 Å². The van der Waals surface area contributed by atoms with Crippen molar-refractivity contribution < 1.29 is 14.7 Å². The lowest BCUT2D eigenvalue weighted by Gasteiger charge is -2.20. The molecule has 1 N–H and O–H groups in total. The molecule has 1 amide bonds. The van der Waals surface area contributed by atoms with E-state index in [0.717, 1.165) is 6.42 Å². The van der Waals surface area contributed by atoms with Gasteiger partial charge in [0.15, 0.2) is 0 Å². The van der Waals surface area contributed by atoms with Crippen LogP contribution in [0.25, 0.3) is 0 Å². The molecule has 0 bridgehead atoms. The zero-order valence-corrected chi connectivity index (χ0v) is 10.0. The van der Waals surface area contributed by atoms with Crippen LogP contribution in [0, 0.1) is 0 Å². The number of carboxylic acid groups (broad SMARTS) is 1. The summed E-state index contributed by atoms with van der Waals surface area (Å²) < 4.78 is 0. The number of nitrogens with zero attached hydrogens (tertiary/aromatic N) is 2. The molecule has 0 saturated heterocycles. The van der Waals surface area contributed by atoms with Gasteiger partial charge < -0.3 is 10.0 Å². The minimum atomic E-state index is -1.13. The molecule has 0 radical (unpaired) electrons. The van der Waals surface area contributed by atoms with Gasteiger partial charge in [0.2, 0.25) is 0 Å². The number of aromatic carboxylic acids is 1. The van der Waals surface area contributed by atoms with Gasteiger partial charge in [-0.15, -0.1) is 0 Å². The van der Waals surface area contributed by atoms with Crippen molar-refractivity contribution in [1.29, 1.82) is 0 Å². The third kappa shape index (κ3) is 3.27. The van der Waals surface area contributed by atoms with Gasteiger partial charge in [-0.2, -0.15) is 0 Å². The summed E-state index contributed by atoms with van der Waals surface area (Å²) in [7, 11) is 0. The first-order valence-corrected chi connectivity index (χ1v) is 5.58. The molecule has 1 rings (SSSR count). The molecule has 1 heterocycles. The largest absolute Gasteiger partial charge is 0.477 e. The van der Waals surface area contributed by atoms with Crippen LogP contribution in [0.4, 0.5) is 0 Å². The fourth-order valence-corrected chi connectivity index (χ4v) is 1.54. The maximum atomic E-state index is 12.0. The minimum absolute atomic E-state index is 0.108. The maximum Gasteiger partial charge on any atom is 0.354 e. The Balaban J connectivity index is 2.95. The fourth-order valence-electron chi connectivity index (χ4n) is 1.54. The smallest absolute Gasteiger partial charge is 0.354 e. The average Bonchev–Trinajstić information content (AvgIpc) is 2.35. The summed E-state index contributed by atoms with van der Waals surface area (Å²) in [5, 5.41) is 8.80. The summed E-state index contributed by atoms with van der Waals surface area (Å²) in [6.45, 7) is 5.16. The zero-order chi connectivity index (χ0) is 12.8. The van der Waals surface area contributed by atoms with Gasteiger partial charge in [0.1, 0.15) is 5.69 Å². The molecule has 0 fully saturated rings. The first-order chi connectivity index (χ1) is 8.10. The van der Waals surface area contributed by atoms with Crippen molar-refractivity contribution >= 4 is 11.9 Å². The van der Waals surface area contributed by atoms with Crippen LogP contribution in [0.1, 0.15) is 41.1 Å². The highest BCUT2D eigenvalue weighted by Crippen LogP contribution is 2.07. The number of amides is 1. The first kappa shape index (κ1) is 13.2. The summed E-state index contributed by atoms with van der Waals surface area (Å²) in [4.78, 5) is 28.2. The molecule has 1 aromatic rings. The van der Waals surface area contributed by atoms with Gasteiger partial charge in [-0.05, 0) is 25.5 Å². The van der Waals surface area contributed by atoms with Crippen LogP contribution in [-0.2, 0) is 0 Å². The highest BCUT2D eigenvalue weighted by atomic mass is 16.4. The maximum absolute atomic E-state index is 12.0. The van der Waals surface area contributed by atoms with Crippen molar-refractivity contribution in [2.75, 3.05) is 13.1 Å². The van der Waals surface area contributed by atoms with Gasteiger partial charge in [-0.1, -0.05) is 6.92 Å². The Kier molecular flexibility index (Phi) is 4.63. The van der Waals surface area contributed by atoms with Crippen molar-refractivity contribution in [1.82, 2.24) is 9.88 Å². The van der Waals surface area contributed by atoms with Gasteiger partial charge in [-0.25, -0.2) is 9.78 Å². The lowest BCUT2D eigenvalue weighted by atomic mass is 10.2. The van der Waals surface area contributed by atoms with Crippen LogP contribution in [0.5, 0.6) is 0 Å². The molecule has 0 atom stereocenters. The van der Waals surface area contributed by atoms with Crippen LogP contribution in [0.15, 0.2) is 18.3 Å². The summed E-state index contributed by atoms with van der Waals surface area (Å²) in [5.41, 5.74) is 0.260. The van der Waals surface area contributed by atoms with Gasteiger partial charge in [-0.3, -0.25) is 4.79 Å². The summed E-state index contributed by atoms with van der Waals surface area (Å²) in [5.74, 6) is -1.28. The third-order valence-electron chi connectivity index (χ3n) is 2.39. The predicted octanol–water partition coefficient (Wildman–Crippen LogP) is 1.65. The van der Waals surface area contributed by atoms with E-state index in [2.05, 4.69) is 4.98 Å². The molecule has 0 saturated carbocycles. The standard InChI is InChI=1S/C12H16N2O3/c1-3-7-14(4-2)11(15)9-5-6-13-10(8-9)12(16)17/h5-6,8H,3-4,7H2,1-2H3,(H,16,17). The number of pyridine rings is 1. The SMILES string of the molecule is CCCN(CC)C(=O)c1ccnc(C(=O)O)c1. The molecule has 5 heteroatoms. The molecular formula is C12H16N2O3. The first-order valence-electron chi connectivity index (χ1n) is 5.58. The van der Waals surface area contributed by atoms with E-state index in [1.165, 1.54) is 18.3 Å². The van der Waals surface area contributed by atoms with E-state index in [9.17, 15) is 9.59 Å². The molecule has 0 aliphatic rings. The highest BCUT2D eigenvalue weighted by Gasteiger charge is 2.15. The highest BCUT2D eigenvalue weighted by molar-refractivity contribution is 5.96. The Morgan fingerprint density at radius 3 is 2.65 bits per heavy atom. The average molecular weight is 236 g/mol. The van der Waals surface area contributed by atoms with E-state index in [4.69, 9.17) is 5.11 Å². The van der Waals surface area contributed by atoms with Crippen molar-refractivity contribution in [2.45, 2.75) is 20.3 Å². The number of carbonyl (C=O) groups is 2. The second-order valence-electron chi connectivity index (χ2n) is 3.62. The van der Waals surface area contributed by atoms with Gasteiger partial charge in [0.25, 0.3) is 5.91 Å². The molecule has 92 valence electrons. The van der Waals surface area contributed by atoms with E-state index >= 15 is 0 Å². The number of hydrogen-bond acceptors (Lipinski definition) is 3. The van der Waals surface area contributed by atoms with Crippen molar-refractivity contribution in [3.8, 4) is 0 Å². The Morgan fingerprint density at radius 2 is 2.12 bits per heavy atom. The number of carboxylic acids is 1. The van der Waals surface area contributed by atoms with Crippen molar-refractivity contribution in [3.05, 3.63) is 29.6 Å². The molecule has 0 unspecified atom stereocenters. The summed E-state index contributed by atoms with van der Waals surface area (Å²) >= 11 is 0. The molecule has 0 aromatic carbocycles. The minimum Gasteiger partial charge on any atom is -0.477 e. The molecule has 17 heavy (non-hydrogen) atoms. The fraction of sp³-hybridized carbons (Fsp3) is 0.417. The predicted molar refractivity (Wildman–Crippen MR) is 63.1 cm³/mol. The van der Waals surface area contributed by atoms with Crippen LogP contribution in [0.2, 0.25) is 0 Å². The number of rotatable bonds is 5. The van der Waals surface area contributed by atoms with Crippen LogP contribution in [-0.4, -0.2) is 40.0 Å². The van der Waals surface area contributed by atoms with Crippen molar-refractivity contribution in [2.24, 2.45) is 0 Å². The van der Waals surface area contributed by atoms with Gasteiger partial charge in [0, 0.05) is 24.8 Å². The molecular weight excluding hydrogens is 220 g/mol. The van der Waals surface area contributed by atoms with Crippen LogP contribution < -0.4 is 0 Å². The summed E-state index contributed by atoms with van der Waals surface area (Å²) in [6.07, 6.45) is 2.22. The normalized spacial score (nSPS) is 10.0. The molecule has 0 aliphatic carbocycles. The number of hydrogen-bond donors (Lipinski definition) is 1. The zero-order valence-electron chi connectivity index (χ0n) is 10.0. The van der Waals surface area contributed by atoms with Crippen LogP contribution >= 0.6 is 0 Å². The van der Waals surface area contributed by atoms with E-state index in [1.807, 2.05) is 13.8 Å².